The van der Waals surface area contributed by atoms with Gasteiger partial charge in [-0.25, -0.2) is 0 Å². The Morgan fingerprint density at radius 2 is 1.86 bits per heavy atom. The molecule has 0 spiro atoms. The third-order valence-electron chi connectivity index (χ3n) is 5.14. The minimum atomic E-state index is -0.772. The summed E-state index contributed by atoms with van der Waals surface area (Å²) < 4.78 is 7.28. The van der Waals surface area contributed by atoms with Crippen molar-refractivity contribution >= 4 is 46.5 Å². The smallest absolute Gasteiger partial charge is 0.269 e. The topological polar surface area (TPSA) is 96.5 Å². The minimum Gasteiger partial charge on any atom is -0.438 e. The van der Waals surface area contributed by atoms with Gasteiger partial charge in [-0.3, -0.25) is 14.0 Å². The summed E-state index contributed by atoms with van der Waals surface area (Å²) in [5.74, 6) is -0.357. The number of nitrogens with zero attached hydrogens (tertiary/aromatic N) is 3. The Morgan fingerprint density at radius 1 is 1.11 bits per heavy atom. The van der Waals surface area contributed by atoms with E-state index < -0.39 is 11.5 Å². The second-order valence-corrected chi connectivity index (χ2v) is 8.45. The molecule has 0 aliphatic heterocycles. The second-order valence-electron chi connectivity index (χ2n) is 7.66. The summed E-state index contributed by atoms with van der Waals surface area (Å²) in [6, 6.07) is 17.3. The number of nitriles is 1. The first-order chi connectivity index (χ1) is 16.8. The number of aromatic nitrogens is 2. The van der Waals surface area contributed by atoms with Crippen molar-refractivity contribution in [3.63, 3.8) is 0 Å². The number of anilines is 1. The van der Waals surface area contributed by atoms with Crippen LogP contribution in [0.5, 0.6) is 11.6 Å². The van der Waals surface area contributed by atoms with Gasteiger partial charge in [0.05, 0.1) is 15.7 Å². The molecular formula is C26H18Cl2N4O3. The quantitative estimate of drug-likeness (QED) is 0.267. The Kier molecular flexibility index (Phi) is 6.87. The van der Waals surface area contributed by atoms with Crippen LogP contribution < -0.4 is 15.6 Å². The Bertz CT molecular complexity index is 1590. The van der Waals surface area contributed by atoms with Crippen LogP contribution in [0, 0.1) is 25.2 Å². The zero-order chi connectivity index (χ0) is 25.1. The predicted octanol–water partition coefficient (Wildman–Crippen LogP) is 5.96. The highest BCUT2D eigenvalue weighted by atomic mass is 35.5. The summed E-state index contributed by atoms with van der Waals surface area (Å²) in [7, 11) is 0. The van der Waals surface area contributed by atoms with Crippen molar-refractivity contribution in [3.8, 4) is 17.7 Å². The van der Waals surface area contributed by atoms with Crippen LogP contribution in [0.3, 0.4) is 0 Å². The van der Waals surface area contributed by atoms with Gasteiger partial charge in [0.2, 0.25) is 5.88 Å². The number of benzene rings is 2. The molecule has 0 fully saturated rings. The van der Waals surface area contributed by atoms with E-state index in [2.05, 4.69) is 10.3 Å². The highest BCUT2D eigenvalue weighted by Gasteiger charge is 2.19. The minimum absolute atomic E-state index is 0.0329. The number of rotatable bonds is 5. The molecule has 0 bridgehead atoms. The first-order valence-corrected chi connectivity index (χ1v) is 11.2. The van der Waals surface area contributed by atoms with Crippen LogP contribution in [0.25, 0.3) is 11.7 Å². The van der Waals surface area contributed by atoms with E-state index in [0.717, 1.165) is 17.2 Å². The largest absolute Gasteiger partial charge is 0.438 e. The van der Waals surface area contributed by atoms with Crippen molar-refractivity contribution in [2.24, 2.45) is 0 Å². The van der Waals surface area contributed by atoms with E-state index >= 15 is 0 Å². The van der Waals surface area contributed by atoms with Gasteiger partial charge in [-0.2, -0.15) is 10.2 Å². The molecule has 0 saturated heterocycles. The normalized spacial score (nSPS) is 11.2. The number of carbonyl (C=O) groups is 1. The van der Waals surface area contributed by atoms with Gasteiger partial charge in [0.1, 0.15) is 28.6 Å². The van der Waals surface area contributed by atoms with Gasteiger partial charge in [0.25, 0.3) is 11.5 Å². The Labute approximate surface area is 210 Å². The average Bonchev–Trinajstić information content (AvgIpc) is 2.84. The molecule has 1 N–H and O–H groups in total. The summed E-state index contributed by atoms with van der Waals surface area (Å²) in [6.07, 6.45) is 2.71. The van der Waals surface area contributed by atoms with Crippen LogP contribution >= 0.6 is 23.2 Å². The van der Waals surface area contributed by atoms with Crippen molar-refractivity contribution in [1.29, 1.82) is 5.26 Å². The fourth-order valence-corrected chi connectivity index (χ4v) is 3.64. The molecule has 0 radical (unpaired) electrons. The zero-order valence-corrected chi connectivity index (χ0v) is 20.2. The van der Waals surface area contributed by atoms with Crippen molar-refractivity contribution < 1.29 is 9.53 Å². The summed E-state index contributed by atoms with van der Waals surface area (Å²) in [5.41, 5.74) is 1.50. The standard InChI is InChI=1S/C26H18Cl2N4O3/c1-15-8-10-18(11-9-15)35-25-19(26(34)32-12-4-5-16(2)23(32)31-25)13-17(14-29)24(33)30-21-7-3-6-20(27)22(21)28/h3-13H,1-2H3,(H,30,33)/b17-13-. The molecule has 7 nitrogen and oxygen atoms in total. The lowest BCUT2D eigenvalue weighted by molar-refractivity contribution is -0.112. The number of ether oxygens (including phenoxy) is 1. The fraction of sp³-hybridized carbons (Fsp3) is 0.0769. The number of hydrogen-bond donors (Lipinski definition) is 1. The maximum atomic E-state index is 13.4. The zero-order valence-electron chi connectivity index (χ0n) is 18.7. The van der Waals surface area contributed by atoms with Crippen LogP contribution in [-0.2, 0) is 4.79 Å². The molecule has 2 aromatic heterocycles. The Morgan fingerprint density at radius 3 is 2.57 bits per heavy atom. The molecule has 174 valence electrons. The van der Waals surface area contributed by atoms with Gasteiger partial charge >= 0.3 is 0 Å². The molecule has 0 unspecified atom stereocenters. The van der Waals surface area contributed by atoms with Crippen molar-refractivity contribution in [2.45, 2.75) is 13.8 Å². The van der Waals surface area contributed by atoms with Crippen molar-refractivity contribution in [2.75, 3.05) is 5.32 Å². The number of hydrogen-bond acceptors (Lipinski definition) is 5. The van der Waals surface area contributed by atoms with Crippen LogP contribution in [0.4, 0.5) is 5.69 Å². The number of fused-ring (bicyclic) bond motifs is 1. The number of pyridine rings is 1. The molecule has 9 heteroatoms. The SMILES string of the molecule is Cc1ccc(Oc2nc3c(C)cccn3c(=O)c2/C=C(/C#N)C(=O)Nc2cccc(Cl)c2Cl)cc1. The highest BCUT2D eigenvalue weighted by molar-refractivity contribution is 6.44. The Balaban J connectivity index is 1.83. The van der Waals surface area contributed by atoms with Crippen LogP contribution in [0.1, 0.15) is 16.7 Å². The predicted molar refractivity (Wildman–Crippen MR) is 136 cm³/mol. The van der Waals surface area contributed by atoms with E-state index in [1.54, 1.807) is 42.6 Å². The van der Waals surface area contributed by atoms with Crippen molar-refractivity contribution in [3.05, 3.63) is 103 Å². The lowest BCUT2D eigenvalue weighted by Gasteiger charge is -2.12. The first kappa shape index (κ1) is 24.0. The number of halogens is 2. The van der Waals surface area contributed by atoms with Gasteiger partial charge in [-0.05, 0) is 55.8 Å². The van der Waals surface area contributed by atoms with Gasteiger partial charge < -0.3 is 10.1 Å². The molecule has 0 aliphatic carbocycles. The third kappa shape index (κ3) is 5.04. The highest BCUT2D eigenvalue weighted by Crippen LogP contribution is 2.30. The second kappa shape index (κ2) is 10.0. The van der Waals surface area contributed by atoms with E-state index in [9.17, 15) is 14.9 Å². The van der Waals surface area contributed by atoms with E-state index in [4.69, 9.17) is 27.9 Å². The maximum absolute atomic E-state index is 13.4. The molecule has 35 heavy (non-hydrogen) atoms. The maximum Gasteiger partial charge on any atom is 0.269 e. The van der Waals surface area contributed by atoms with Crippen LogP contribution in [-0.4, -0.2) is 15.3 Å². The van der Waals surface area contributed by atoms with Crippen LogP contribution in [0.15, 0.2) is 71.2 Å². The average molecular weight is 505 g/mol. The molecule has 0 atom stereocenters. The summed E-state index contributed by atoms with van der Waals surface area (Å²) in [4.78, 5) is 30.8. The molecule has 4 aromatic rings. The van der Waals surface area contributed by atoms with Gasteiger partial charge in [-0.15, -0.1) is 0 Å². The van der Waals surface area contributed by atoms with E-state index in [0.29, 0.717) is 11.4 Å². The molecular weight excluding hydrogens is 487 g/mol. The molecule has 4 rings (SSSR count). The molecule has 0 saturated carbocycles. The van der Waals surface area contributed by atoms with E-state index in [-0.39, 0.29) is 32.7 Å². The monoisotopic (exact) mass is 504 g/mol. The van der Waals surface area contributed by atoms with Gasteiger partial charge in [-0.1, -0.05) is 53.0 Å². The van der Waals surface area contributed by atoms with E-state index in [1.807, 2.05) is 38.1 Å². The number of aryl methyl sites for hydroxylation is 2. The number of carbonyl (C=O) groups excluding carboxylic acids is 1. The first-order valence-electron chi connectivity index (χ1n) is 10.4. The molecule has 2 aromatic carbocycles. The number of amides is 1. The van der Waals surface area contributed by atoms with Crippen molar-refractivity contribution in [1.82, 2.24) is 9.38 Å². The van der Waals surface area contributed by atoms with Crippen LogP contribution in [0.2, 0.25) is 10.0 Å². The van der Waals surface area contributed by atoms with Gasteiger partial charge in [0.15, 0.2) is 0 Å². The van der Waals surface area contributed by atoms with E-state index in [1.165, 1.54) is 4.40 Å². The summed E-state index contributed by atoms with van der Waals surface area (Å²) in [5, 5.41) is 12.6. The fourth-order valence-electron chi connectivity index (χ4n) is 3.29. The summed E-state index contributed by atoms with van der Waals surface area (Å²) >= 11 is 12.2. The lowest BCUT2D eigenvalue weighted by Crippen LogP contribution is -2.20. The third-order valence-corrected chi connectivity index (χ3v) is 5.96. The summed E-state index contributed by atoms with van der Waals surface area (Å²) in [6.45, 7) is 3.75. The molecule has 1 amide bonds. The lowest BCUT2D eigenvalue weighted by atomic mass is 10.1. The molecule has 0 aliphatic rings. The number of nitrogens with one attached hydrogen (secondary N) is 1. The Hall–Kier alpha value is -4.12. The molecule has 2 heterocycles. The van der Waals surface area contributed by atoms with Gasteiger partial charge in [0, 0.05) is 6.20 Å².